The van der Waals surface area contributed by atoms with Gasteiger partial charge in [0.25, 0.3) is 5.91 Å². The number of hydrogen-bond acceptors (Lipinski definition) is 2. The van der Waals surface area contributed by atoms with E-state index in [1.807, 2.05) is 0 Å². The van der Waals surface area contributed by atoms with Crippen LogP contribution in [0.2, 0.25) is 0 Å². The minimum Gasteiger partial charge on any atom is -0.323 e. The van der Waals surface area contributed by atoms with Gasteiger partial charge in [0.1, 0.15) is 11.4 Å². The second-order valence-corrected chi connectivity index (χ2v) is 4.84. The Hall–Kier alpha value is -1.89. The molecule has 1 aromatic carbocycles. The monoisotopic (exact) mass is 246 g/mol. The quantitative estimate of drug-likeness (QED) is 0.805. The molecular weight excluding hydrogens is 231 g/mol. The highest BCUT2D eigenvalue weighted by atomic mass is 19.1. The van der Waals surface area contributed by atoms with Crippen molar-refractivity contribution in [2.24, 2.45) is 0 Å². The third-order valence-corrected chi connectivity index (χ3v) is 3.69. The third-order valence-electron chi connectivity index (χ3n) is 3.69. The summed E-state index contributed by atoms with van der Waals surface area (Å²) in [4.78, 5) is 13.6. The van der Waals surface area contributed by atoms with Crippen molar-refractivity contribution in [3.8, 4) is 6.07 Å². The van der Waals surface area contributed by atoms with Gasteiger partial charge in [-0.1, -0.05) is 6.07 Å². The molecule has 1 aromatic rings. The first-order chi connectivity index (χ1) is 8.50. The van der Waals surface area contributed by atoms with E-state index in [2.05, 4.69) is 6.07 Å². The lowest BCUT2D eigenvalue weighted by Gasteiger charge is -2.42. The van der Waals surface area contributed by atoms with Gasteiger partial charge in [-0.05, 0) is 43.9 Å². The van der Waals surface area contributed by atoms with E-state index in [9.17, 15) is 14.4 Å². The average Bonchev–Trinajstić information content (AvgIpc) is 2.27. The molecule has 1 fully saturated rings. The summed E-state index contributed by atoms with van der Waals surface area (Å²) in [5.41, 5.74) is 0.0592. The lowest BCUT2D eigenvalue weighted by atomic mass is 9.76. The van der Waals surface area contributed by atoms with Crippen LogP contribution in [0.15, 0.2) is 18.2 Å². The number of aryl methyl sites for hydroxylation is 1. The smallest absolute Gasteiger partial charge is 0.257 e. The Labute approximate surface area is 106 Å². The SMILES string of the molecule is Cc1ccc(C(=O)N(C)C2(C#N)CCC2)c(F)c1. The van der Waals surface area contributed by atoms with E-state index in [1.54, 1.807) is 20.0 Å². The number of carbonyl (C=O) groups excluding carboxylic acids is 1. The summed E-state index contributed by atoms with van der Waals surface area (Å²) in [6, 6.07) is 6.69. The van der Waals surface area contributed by atoms with Gasteiger partial charge in [-0.25, -0.2) is 4.39 Å². The van der Waals surface area contributed by atoms with Gasteiger partial charge in [0.05, 0.1) is 11.6 Å². The lowest BCUT2D eigenvalue weighted by Crippen LogP contribution is -2.53. The van der Waals surface area contributed by atoms with Crippen molar-refractivity contribution < 1.29 is 9.18 Å². The van der Waals surface area contributed by atoms with Crippen LogP contribution in [-0.4, -0.2) is 23.4 Å². The van der Waals surface area contributed by atoms with Gasteiger partial charge in [-0.15, -0.1) is 0 Å². The van der Waals surface area contributed by atoms with Gasteiger partial charge in [0.15, 0.2) is 0 Å². The summed E-state index contributed by atoms with van der Waals surface area (Å²) in [5.74, 6) is -0.951. The van der Waals surface area contributed by atoms with Crippen LogP contribution in [0.1, 0.15) is 35.2 Å². The topological polar surface area (TPSA) is 44.1 Å². The maximum Gasteiger partial charge on any atom is 0.257 e. The first-order valence-corrected chi connectivity index (χ1v) is 5.96. The van der Waals surface area contributed by atoms with Gasteiger partial charge in [0.2, 0.25) is 0 Å². The Morgan fingerprint density at radius 1 is 1.50 bits per heavy atom. The number of benzene rings is 1. The molecule has 0 atom stereocenters. The highest BCUT2D eigenvalue weighted by Gasteiger charge is 2.43. The van der Waals surface area contributed by atoms with Gasteiger partial charge >= 0.3 is 0 Å². The van der Waals surface area contributed by atoms with Crippen LogP contribution in [-0.2, 0) is 0 Å². The highest BCUT2D eigenvalue weighted by molar-refractivity contribution is 5.95. The van der Waals surface area contributed by atoms with Gasteiger partial charge in [-0.3, -0.25) is 4.79 Å². The standard InChI is InChI=1S/C14H15FN2O/c1-10-4-5-11(12(15)8-10)13(18)17(2)14(9-16)6-3-7-14/h4-5,8H,3,6-7H2,1-2H3. The molecular formula is C14H15FN2O. The summed E-state index contributed by atoms with van der Waals surface area (Å²) in [6.45, 7) is 1.77. The number of nitriles is 1. The Morgan fingerprint density at radius 3 is 2.61 bits per heavy atom. The zero-order valence-corrected chi connectivity index (χ0v) is 10.5. The summed E-state index contributed by atoms with van der Waals surface area (Å²) in [6.07, 6.45) is 2.26. The summed E-state index contributed by atoms with van der Waals surface area (Å²) >= 11 is 0. The molecule has 1 aliphatic rings. The Morgan fingerprint density at radius 2 is 2.17 bits per heavy atom. The van der Waals surface area contributed by atoms with Crippen LogP contribution < -0.4 is 0 Å². The molecule has 0 radical (unpaired) electrons. The van der Waals surface area contributed by atoms with Crippen molar-refractivity contribution in [3.63, 3.8) is 0 Å². The molecule has 0 bridgehead atoms. The van der Waals surface area contributed by atoms with Gasteiger partial charge < -0.3 is 4.90 Å². The zero-order chi connectivity index (χ0) is 13.3. The highest BCUT2D eigenvalue weighted by Crippen LogP contribution is 2.37. The molecule has 0 saturated heterocycles. The van der Waals surface area contributed by atoms with Crippen molar-refractivity contribution in [1.82, 2.24) is 4.90 Å². The van der Waals surface area contributed by atoms with Crippen LogP contribution in [0.4, 0.5) is 4.39 Å². The van der Waals surface area contributed by atoms with Gasteiger partial charge in [-0.2, -0.15) is 5.26 Å². The molecule has 0 aliphatic heterocycles. The van der Waals surface area contributed by atoms with Crippen molar-refractivity contribution in [2.45, 2.75) is 31.7 Å². The predicted octanol–water partition coefficient (Wildman–Crippen LogP) is 2.65. The normalized spacial score (nSPS) is 16.6. The molecule has 0 N–H and O–H groups in total. The molecule has 2 rings (SSSR count). The van der Waals surface area contributed by atoms with Crippen molar-refractivity contribution in [2.75, 3.05) is 7.05 Å². The second-order valence-electron chi connectivity index (χ2n) is 4.84. The van der Waals surface area contributed by atoms with Crippen LogP contribution in [0.5, 0.6) is 0 Å². The minimum atomic E-state index is -0.742. The Balaban J connectivity index is 2.29. The fourth-order valence-electron chi connectivity index (χ4n) is 2.20. The average molecular weight is 246 g/mol. The van der Waals surface area contributed by atoms with E-state index in [0.29, 0.717) is 12.8 Å². The minimum absolute atomic E-state index is 0.0321. The lowest BCUT2D eigenvalue weighted by molar-refractivity contribution is 0.0493. The molecule has 94 valence electrons. The summed E-state index contributed by atoms with van der Waals surface area (Å²) in [7, 11) is 1.57. The fraction of sp³-hybridized carbons (Fsp3) is 0.429. The molecule has 0 aromatic heterocycles. The molecule has 0 heterocycles. The first kappa shape index (κ1) is 12.6. The van der Waals surface area contributed by atoms with Crippen LogP contribution >= 0.6 is 0 Å². The van der Waals surface area contributed by atoms with Crippen LogP contribution in [0.25, 0.3) is 0 Å². The van der Waals surface area contributed by atoms with Crippen LogP contribution in [0, 0.1) is 24.1 Å². The fourth-order valence-corrected chi connectivity index (χ4v) is 2.20. The Bertz CT molecular complexity index is 529. The molecule has 18 heavy (non-hydrogen) atoms. The largest absolute Gasteiger partial charge is 0.323 e. The van der Waals surface area contributed by atoms with Crippen molar-refractivity contribution >= 4 is 5.91 Å². The van der Waals surface area contributed by atoms with E-state index >= 15 is 0 Å². The van der Waals surface area contributed by atoms with E-state index in [1.165, 1.54) is 17.0 Å². The van der Waals surface area contributed by atoms with Crippen molar-refractivity contribution in [3.05, 3.63) is 35.1 Å². The number of hydrogen-bond donors (Lipinski definition) is 0. The third kappa shape index (κ3) is 1.86. The molecule has 0 spiro atoms. The maximum atomic E-state index is 13.7. The summed E-state index contributed by atoms with van der Waals surface area (Å²) in [5, 5.41) is 9.18. The molecule has 1 aliphatic carbocycles. The van der Waals surface area contributed by atoms with E-state index in [4.69, 9.17) is 0 Å². The maximum absolute atomic E-state index is 13.7. The molecule has 0 unspecified atom stereocenters. The van der Waals surface area contributed by atoms with E-state index in [-0.39, 0.29) is 5.56 Å². The number of amides is 1. The van der Waals surface area contributed by atoms with Gasteiger partial charge in [0, 0.05) is 7.05 Å². The number of rotatable bonds is 2. The number of halogens is 1. The van der Waals surface area contributed by atoms with E-state index < -0.39 is 17.3 Å². The zero-order valence-electron chi connectivity index (χ0n) is 10.5. The molecule has 4 heteroatoms. The predicted molar refractivity (Wildman–Crippen MR) is 65.4 cm³/mol. The second kappa shape index (κ2) is 4.41. The number of nitrogens with zero attached hydrogens (tertiary/aromatic N) is 2. The number of carbonyl (C=O) groups is 1. The molecule has 1 amide bonds. The van der Waals surface area contributed by atoms with E-state index in [0.717, 1.165) is 12.0 Å². The molecule has 1 saturated carbocycles. The Kier molecular flexibility index (Phi) is 3.08. The van der Waals surface area contributed by atoms with Crippen LogP contribution in [0.3, 0.4) is 0 Å². The van der Waals surface area contributed by atoms with Crippen molar-refractivity contribution in [1.29, 1.82) is 5.26 Å². The first-order valence-electron chi connectivity index (χ1n) is 5.96. The molecule has 3 nitrogen and oxygen atoms in total. The summed E-state index contributed by atoms with van der Waals surface area (Å²) < 4.78 is 13.7.